The lowest BCUT2D eigenvalue weighted by molar-refractivity contribution is 0.102. The van der Waals surface area contributed by atoms with Crippen molar-refractivity contribution >= 4 is 29.0 Å². The smallest absolute Gasteiger partial charge is 0.275 e. The van der Waals surface area contributed by atoms with Crippen molar-refractivity contribution in [2.45, 2.75) is 20.8 Å². The summed E-state index contributed by atoms with van der Waals surface area (Å²) in [5.74, 6) is 0.918. The number of carbonyl (C=O) groups excluding carboxylic acids is 1. The number of carbonyl (C=O) groups is 1. The van der Waals surface area contributed by atoms with Crippen LogP contribution < -0.4 is 15.5 Å². The predicted octanol–water partition coefficient (Wildman–Crippen LogP) is 3.62. The molecule has 0 aliphatic heterocycles. The van der Waals surface area contributed by atoms with Gasteiger partial charge in [-0.15, -0.1) is 0 Å². The molecule has 0 saturated carbocycles. The molecule has 2 N–H and O–H groups in total. The van der Waals surface area contributed by atoms with Gasteiger partial charge >= 0.3 is 0 Å². The highest BCUT2D eigenvalue weighted by Crippen LogP contribution is 2.20. The van der Waals surface area contributed by atoms with E-state index in [0.29, 0.717) is 17.5 Å². The fraction of sp³-hybridized carbons (Fsp3) is 0.263. The van der Waals surface area contributed by atoms with Crippen LogP contribution in [0.3, 0.4) is 0 Å². The SMILES string of the molecule is CCN(CC)c1ccc(Nc2nccc(C(=O)Nc3cc(C)on3)n2)cc1. The Morgan fingerprint density at radius 2 is 1.89 bits per heavy atom. The first-order valence-electron chi connectivity index (χ1n) is 8.78. The van der Waals surface area contributed by atoms with Crippen LogP contribution in [-0.4, -0.2) is 34.1 Å². The molecular formula is C19H22N6O2. The maximum absolute atomic E-state index is 12.3. The van der Waals surface area contributed by atoms with Gasteiger partial charge in [0.1, 0.15) is 11.5 Å². The number of hydrogen-bond acceptors (Lipinski definition) is 7. The molecule has 2 aromatic heterocycles. The summed E-state index contributed by atoms with van der Waals surface area (Å²) in [4.78, 5) is 23.0. The number of aromatic nitrogens is 3. The van der Waals surface area contributed by atoms with Gasteiger partial charge in [0.15, 0.2) is 5.82 Å². The van der Waals surface area contributed by atoms with Crippen LogP contribution in [0.1, 0.15) is 30.1 Å². The third kappa shape index (κ3) is 4.60. The number of hydrogen-bond donors (Lipinski definition) is 2. The Morgan fingerprint density at radius 1 is 1.15 bits per heavy atom. The topological polar surface area (TPSA) is 96.2 Å². The third-order valence-corrected chi connectivity index (χ3v) is 4.01. The largest absolute Gasteiger partial charge is 0.372 e. The zero-order valence-corrected chi connectivity index (χ0v) is 15.6. The number of nitrogens with zero attached hydrogens (tertiary/aromatic N) is 4. The zero-order chi connectivity index (χ0) is 19.2. The molecule has 0 fully saturated rings. The van der Waals surface area contributed by atoms with Crippen molar-refractivity contribution in [1.82, 2.24) is 15.1 Å². The lowest BCUT2D eigenvalue weighted by atomic mass is 10.2. The minimum absolute atomic E-state index is 0.230. The fourth-order valence-corrected chi connectivity index (χ4v) is 2.62. The van der Waals surface area contributed by atoms with Gasteiger partial charge in [0.25, 0.3) is 5.91 Å². The standard InChI is InChI=1S/C19H22N6O2/c1-4-25(5-2)15-8-6-14(7-9-15)21-19-20-11-10-16(22-19)18(26)23-17-12-13(3)27-24-17/h6-12H,4-5H2,1-3H3,(H,20,21,22)(H,23,24,26). The first-order valence-corrected chi connectivity index (χ1v) is 8.78. The molecule has 1 amide bonds. The van der Waals surface area contributed by atoms with Crippen LogP contribution in [0.15, 0.2) is 47.1 Å². The van der Waals surface area contributed by atoms with Gasteiger partial charge in [0.05, 0.1) is 0 Å². The summed E-state index contributed by atoms with van der Waals surface area (Å²) in [6.07, 6.45) is 1.53. The molecule has 1 aromatic carbocycles. The average Bonchev–Trinajstić information content (AvgIpc) is 3.09. The van der Waals surface area contributed by atoms with Gasteiger partial charge in [-0.1, -0.05) is 5.16 Å². The summed E-state index contributed by atoms with van der Waals surface area (Å²) in [5.41, 5.74) is 2.23. The molecule has 140 valence electrons. The number of benzene rings is 1. The fourth-order valence-electron chi connectivity index (χ4n) is 2.62. The minimum atomic E-state index is -0.384. The molecule has 27 heavy (non-hydrogen) atoms. The van der Waals surface area contributed by atoms with Crippen LogP contribution in [-0.2, 0) is 0 Å². The van der Waals surface area contributed by atoms with Crippen molar-refractivity contribution in [2.75, 3.05) is 28.6 Å². The van der Waals surface area contributed by atoms with Crippen molar-refractivity contribution in [1.29, 1.82) is 0 Å². The normalized spacial score (nSPS) is 10.5. The van der Waals surface area contributed by atoms with E-state index >= 15 is 0 Å². The molecule has 0 radical (unpaired) electrons. The second kappa shape index (κ2) is 8.31. The summed E-state index contributed by atoms with van der Waals surface area (Å²) < 4.78 is 4.93. The summed E-state index contributed by atoms with van der Waals surface area (Å²) in [6, 6.07) is 11.2. The van der Waals surface area contributed by atoms with Crippen LogP contribution in [0.2, 0.25) is 0 Å². The monoisotopic (exact) mass is 366 g/mol. The molecule has 0 aliphatic carbocycles. The van der Waals surface area contributed by atoms with Gasteiger partial charge in [-0.25, -0.2) is 9.97 Å². The van der Waals surface area contributed by atoms with Gasteiger partial charge in [-0.2, -0.15) is 0 Å². The van der Waals surface area contributed by atoms with Crippen molar-refractivity contribution < 1.29 is 9.32 Å². The molecule has 3 aromatic rings. The van der Waals surface area contributed by atoms with E-state index in [2.05, 4.69) is 44.5 Å². The molecule has 3 rings (SSSR count). The lowest BCUT2D eigenvalue weighted by Gasteiger charge is -2.21. The highest BCUT2D eigenvalue weighted by atomic mass is 16.5. The summed E-state index contributed by atoms with van der Waals surface area (Å²) in [5, 5.41) is 9.49. The lowest BCUT2D eigenvalue weighted by Crippen LogP contribution is -2.21. The Balaban J connectivity index is 1.69. The Hall–Kier alpha value is -3.42. The molecule has 8 heteroatoms. The van der Waals surface area contributed by atoms with Crippen molar-refractivity contribution in [3.05, 3.63) is 54.0 Å². The van der Waals surface area contributed by atoms with Crippen LogP contribution in [0.4, 0.5) is 23.1 Å². The van der Waals surface area contributed by atoms with Crippen molar-refractivity contribution in [3.63, 3.8) is 0 Å². The number of rotatable bonds is 7. The van der Waals surface area contributed by atoms with E-state index in [9.17, 15) is 4.79 Å². The van der Waals surface area contributed by atoms with Gasteiger partial charge in [-0.3, -0.25) is 4.79 Å². The van der Waals surface area contributed by atoms with E-state index in [1.807, 2.05) is 24.3 Å². The Kier molecular flexibility index (Phi) is 5.65. The third-order valence-electron chi connectivity index (χ3n) is 4.01. The van der Waals surface area contributed by atoms with Gasteiger partial charge in [-0.05, 0) is 51.1 Å². The first kappa shape index (κ1) is 18.4. The highest BCUT2D eigenvalue weighted by molar-refractivity contribution is 6.02. The molecule has 0 saturated heterocycles. The number of anilines is 4. The van der Waals surface area contributed by atoms with Crippen LogP contribution in [0, 0.1) is 6.92 Å². The second-order valence-electron chi connectivity index (χ2n) is 5.89. The number of aryl methyl sites for hydroxylation is 1. The molecular weight excluding hydrogens is 344 g/mol. The summed E-state index contributed by atoms with van der Waals surface area (Å²) in [6.45, 7) is 7.91. The molecule has 8 nitrogen and oxygen atoms in total. The van der Waals surface area contributed by atoms with E-state index in [-0.39, 0.29) is 11.6 Å². The Bertz CT molecular complexity index is 903. The maximum atomic E-state index is 12.3. The Labute approximate surface area is 157 Å². The van der Waals surface area contributed by atoms with Gasteiger partial charge in [0.2, 0.25) is 5.95 Å². The van der Waals surface area contributed by atoms with Gasteiger partial charge < -0.3 is 20.1 Å². The van der Waals surface area contributed by atoms with E-state index in [1.54, 1.807) is 13.0 Å². The number of nitrogens with one attached hydrogen (secondary N) is 2. The van der Waals surface area contributed by atoms with E-state index < -0.39 is 0 Å². The van der Waals surface area contributed by atoms with Crippen molar-refractivity contribution in [2.24, 2.45) is 0 Å². The molecule has 0 spiro atoms. The average molecular weight is 366 g/mol. The number of amides is 1. The van der Waals surface area contributed by atoms with Crippen LogP contribution in [0.25, 0.3) is 0 Å². The quantitative estimate of drug-likeness (QED) is 0.659. The second-order valence-corrected chi connectivity index (χ2v) is 5.89. The van der Waals surface area contributed by atoms with Crippen LogP contribution >= 0.6 is 0 Å². The van der Waals surface area contributed by atoms with Gasteiger partial charge in [0, 0.05) is 36.7 Å². The highest BCUT2D eigenvalue weighted by Gasteiger charge is 2.12. The predicted molar refractivity (Wildman–Crippen MR) is 105 cm³/mol. The molecule has 2 heterocycles. The molecule has 0 bridgehead atoms. The summed E-state index contributed by atoms with van der Waals surface area (Å²) in [7, 11) is 0. The first-order chi connectivity index (χ1) is 13.1. The maximum Gasteiger partial charge on any atom is 0.275 e. The molecule has 0 aliphatic rings. The minimum Gasteiger partial charge on any atom is -0.372 e. The molecule has 0 unspecified atom stereocenters. The molecule has 0 atom stereocenters. The zero-order valence-electron chi connectivity index (χ0n) is 15.6. The van der Waals surface area contributed by atoms with Crippen LogP contribution in [0.5, 0.6) is 0 Å². The Morgan fingerprint density at radius 3 is 2.52 bits per heavy atom. The summed E-state index contributed by atoms with van der Waals surface area (Å²) >= 11 is 0. The van der Waals surface area contributed by atoms with E-state index in [1.165, 1.54) is 12.3 Å². The van der Waals surface area contributed by atoms with E-state index in [4.69, 9.17) is 4.52 Å². The van der Waals surface area contributed by atoms with Crippen molar-refractivity contribution in [3.8, 4) is 0 Å². The van der Waals surface area contributed by atoms with E-state index in [0.717, 1.165) is 24.5 Å².